The summed E-state index contributed by atoms with van der Waals surface area (Å²) >= 11 is 0. The first-order valence-corrected chi connectivity index (χ1v) is 27.4. The molecule has 4 aliphatic rings. The molecule has 14 aromatic rings. The van der Waals surface area contributed by atoms with Crippen LogP contribution in [0.1, 0.15) is 11.1 Å². The Morgan fingerprint density at radius 1 is 0.154 bits per heavy atom. The maximum Gasteiger partial charge on any atom is -0.00141 e. The van der Waals surface area contributed by atoms with Crippen molar-refractivity contribution in [1.82, 2.24) is 0 Å². The van der Waals surface area contributed by atoms with Gasteiger partial charge in [-0.2, -0.15) is 0 Å². The zero-order chi connectivity index (χ0) is 51.5. The van der Waals surface area contributed by atoms with E-state index in [0.29, 0.717) is 0 Å². The Balaban J connectivity index is 1.21. The number of fused-ring (bicyclic) bond motifs is 2. The molecule has 0 fully saturated rings. The SMILES string of the molecule is c1ccc(-c2c3c(c(-c4ccccc4)c(-c4ccccc4)c2-c2ccccc2)-c2cc4ccc5cc(cc6ccc(c2)c4c56)-c2c(c(-c4ccccc4)c(-c4ccccc4)c(-c4ccccc4)c2-c2ccccc2)CC3)cc1. The molecule has 0 N–H and O–H groups in total. The van der Waals surface area contributed by atoms with Gasteiger partial charge in [-0.1, -0.05) is 267 Å². The van der Waals surface area contributed by atoms with E-state index in [-0.39, 0.29) is 0 Å². The second kappa shape index (κ2) is 19.0. The fourth-order valence-electron chi connectivity index (χ4n) is 13.3. The average Bonchev–Trinajstić information content (AvgIpc) is 3.67. The molecule has 0 heterocycles. The van der Waals surface area contributed by atoms with E-state index in [9.17, 15) is 0 Å². The van der Waals surface area contributed by atoms with Crippen molar-refractivity contribution in [2.75, 3.05) is 0 Å². The van der Waals surface area contributed by atoms with Crippen LogP contribution >= 0.6 is 0 Å². The summed E-state index contributed by atoms with van der Waals surface area (Å²) in [5.41, 5.74) is 27.2. The molecule has 0 atom stereocenters. The lowest BCUT2D eigenvalue weighted by Gasteiger charge is -2.31. The molecule has 4 aliphatic carbocycles. The van der Waals surface area contributed by atoms with Gasteiger partial charge in [0.25, 0.3) is 0 Å². The Labute approximate surface area is 456 Å². The third-order valence-electron chi connectivity index (χ3n) is 16.4. The zero-order valence-corrected chi connectivity index (χ0v) is 43.1. The molecule has 0 aromatic heterocycles. The minimum atomic E-state index is 0.740. The highest BCUT2D eigenvalue weighted by Crippen LogP contribution is 2.57. The number of hydrogen-bond acceptors (Lipinski definition) is 0. The molecule has 364 valence electrons. The van der Waals surface area contributed by atoms with Crippen LogP contribution in [0.5, 0.6) is 0 Å². The molecule has 0 radical (unpaired) electrons. The fraction of sp³-hybridized carbons (Fsp3) is 0.0256. The molecule has 0 amide bonds. The molecule has 8 bridgehead atoms. The van der Waals surface area contributed by atoms with Gasteiger partial charge in [-0.3, -0.25) is 0 Å². The maximum atomic E-state index is 2.51. The number of hydrogen-bond donors (Lipinski definition) is 0. The van der Waals surface area contributed by atoms with Crippen molar-refractivity contribution in [2.45, 2.75) is 12.8 Å². The van der Waals surface area contributed by atoms with Crippen LogP contribution in [-0.2, 0) is 12.8 Å². The Hall–Kier alpha value is -9.88. The van der Waals surface area contributed by atoms with Crippen LogP contribution in [0.2, 0.25) is 0 Å². The monoisotopic (exact) mass is 988 g/mol. The van der Waals surface area contributed by atoms with Crippen molar-refractivity contribution in [3.63, 3.8) is 0 Å². The fourth-order valence-corrected chi connectivity index (χ4v) is 13.3. The minimum absolute atomic E-state index is 0.740. The molecule has 0 unspecified atom stereocenters. The van der Waals surface area contributed by atoms with Crippen molar-refractivity contribution in [2.24, 2.45) is 0 Å². The standard InChI is InChI=1S/C78H52/c1-9-25-51(26-10-1)69-65-45-46-66-70(52-27-11-2-12-28-52)74(54-31-15-4-16-32-54)78(58-39-23-8-24-40-58)76(56-35-19-6-20-36-56)72(66)64-49-61-43-41-59-47-63(48-60-42-44-62(50-64)68(61)67(59)60)71(65)75(55-33-17-5-18-34-55)77(57-37-21-7-22-38-57)73(69)53-29-13-3-14-30-53/h1-44,47-50H,45-46H2. The van der Waals surface area contributed by atoms with Gasteiger partial charge in [-0.05, 0) is 192 Å². The van der Waals surface area contributed by atoms with Gasteiger partial charge in [0.05, 0.1) is 0 Å². The van der Waals surface area contributed by atoms with Gasteiger partial charge in [-0.15, -0.1) is 0 Å². The maximum absolute atomic E-state index is 2.51. The second-order valence-electron chi connectivity index (χ2n) is 20.9. The topological polar surface area (TPSA) is 0 Å². The highest BCUT2D eigenvalue weighted by Gasteiger charge is 2.33. The predicted octanol–water partition coefficient (Wildman–Crippen LogP) is 21.4. The van der Waals surface area contributed by atoms with E-state index in [1.807, 2.05) is 0 Å². The van der Waals surface area contributed by atoms with Crippen molar-refractivity contribution in [3.8, 4) is 111 Å². The molecule has 78 heavy (non-hydrogen) atoms. The van der Waals surface area contributed by atoms with Gasteiger partial charge in [0.1, 0.15) is 0 Å². The summed E-state index contributed by atoms with van der Waals surface area (Å²) in [6, 6.07) is 109. The Morgan fingerprint density at radius 3 is 0.526 bits per heavy atom. The van der Waals surface area contributed by atoms with Crippen LogP contribution < -0.4 is 0 Å². The molecule has 0 nitrogen and oxygen atoms in total. The summed E-state index contributed by atoms with van der Waals surface area (Å²) in [7, 11) is 0. The summed E-state index contributed by atoms with van der Waals surface area (Å²) in [4.78, 5) is 0. The van der Waals surface area contributed by atoms with Crippen molar-refractivity contribution >= 4 is 32.3 Å². The summed E-state index contributed by atoms with van der Waals surface area (Å²) in [5, 5.41) is 7.62. The summed E-state index contributed by atoms with van der Waals surface area (Å²) < 4.78 is 0. The summed E-state index contributed by atoms with van der Waals surface area (Å²) in [6.07, 6.45) is 1.48. The van der Waals surface area contributed by atoms with Crippen molar-refractivity contribution in [3.05, 3.63) is 302 Å². The molecule has 0 saturated heterocycles. The number of benzene rings is 14. The van der Waals surface area contributed by atoms with Gasteiger partial charge in [0.2, 0.25) is 0 Å². The Kier molecular flexibility index (Phi) is 11.1. The lowest BCUT2D eigenvalue weighted by Crippen LogP contribution is -2.09. The first-order valence-electron chi connectivity index (χ1n) is 27.4. The molecule has 0 saturated carbocycles. The highest BCUT2D eigenvalue weighted by molar-refractivity contribution is 6.26. The van der Waals surface area contributed by atoms with Crippen LogP contribution in [0.25, 0.3) is 144 Å². The van der Waals surface area contributed by atoms with Gasteiger partial charge < -0.3 is 0 Å². The third kappa shape index (κ3) is 7.52. The Bertz CT molecular complexity index is 4150. The molecule has 14 aromatic carbocycles. The van der Waals surface area contributed by atoms with Gasteiger partial charge in [-0.25, -0.2) is 0 Å². The van der Waals surface area contributed by atoms with E-state index >= 15 is 0 Å². The quantitative estimate of drug-likeness (QED) is 0.133. The average molecular weight is 989 g/mol. The third-order valence-corrected chi connectivity index (χ3v) is 16.4. The van der Waals surface area contributed by atoms with E-state index in [1.165, 1.54) is 155 Å². The Morgan fingerprint density at radius 2 is 0.321 bits per heavy atom. The van der Waals surface area contributed by atoms with Crippen molar-refractivity contribution in [1.29, 1.82) is 0 Å². The van der Waals surface area contributed by atoms with Gasteiger partial charge in [0, 0.05) is 0 Å². The van der Waals surface area contributed by atoms with Crippen LogP contribution in [0, 0.1) is 0 Å². The normalized spacial score (nSPS) is 12.0. The molecular formula is C78H52. The molecular weight excluding hydrogens is 937 g/mol. The second-order valence-corrected chi connectivity index (χ2v) is 20.9. The summed E-state index contributed by atoms with van der Waals surface area (Å²) in [5.74, 6) is 0. The van der Waals surface area contributed by atoms with Gasteiger partial charge in [0.15, 0.2) is 0 Å². The molecule has 0 heteroatoms. The lowest BCUT2D eigenvalue weighted by molar-refractivity contribution is 0.969. The molecule has 0 aliphatic heterocycles. The first kappa shape index (κ1) is 45.5. The van der Waals surface area contributed by atoms with E-state index < -0.39 is 0 Å². The first-order chi connectivity index (χ1) is 38.7. The predicted molar refractivity (Wildman–Crippen MR) is 332 cm³/mol. The number of rotatable bonds is 8. The van der Waals surface area contributed by atoms with E-state index in [4.69, 9.17) is 0 Å². The smallest absolute Gasteiger partial charge is 0.00141 e. The lowest BCUT2D eigenvalue weighted by atomic mass is 9.72. The van der Waals surface area contributed by atoms with E-state index in [1.54, 1.807) is 0 Å². The zero-order valence-electron chi connectivity index (χ0n) is 43.1. The van der Waals surface area contributed by atoms with Crippen LogP contribution in [0.4, 0.5) is 0 Å². The van der Waals surface area contributed by atoms with Gasteiger partial charge >= 0.3 is 0 Å². The highest BCUT2D eigenvalue weighted by atomic mass is 14.4. The van der Waals surface area contributed by atoms with E-state index in [2.05, 4.69) is 291 Å². The molecule has 0 spiro atoms. The molecule has 18 rings (SSSR count). The van der Waals surface area contributed by atoms with E-state index in [0.717, 1.165) is 12.8 Å². The van der Waals surface area contributed by atoms with Crippen LogP contribution in [0.3, 0.4) is 0 Å². The van der Waals surface area contributed by atoms with Crippen LogP contribution in [0.15, 0.2) is 291 Å². The van der Waals surface area contributed by atoms with Crippen molar-refractivity contribution < 1.29 is 0 Å². The minimum Gasteiger partial charge on any atom is -0.0622 e. The summed E-state index contributed by atoms with van der Waals surface area (Å²) in [6.45, 7) is 0. The van der Waals surface area contributed by atoms with Crippen LogP contribution in [-0.4, -0.2) is 0 Å². The largest absolute Gasteiger partial charge is 0.0622 e.